The van der Waals surface area contributed by atoms with Gasteiger partial charge in [0.15, 0.2) is 0 Å². The van der Waals surface area contributed by atoms with Crippen LogP contribution in [0.25, 0.3) is 22.2 Å². The smallest absolute Gasteiger partial charge is 0.227 e. The van der Waals surface area contributed by atoms with Gasteiger partial charge in [0.2, 0.25) is 5.91 Å². The average molecular weight is 350 g/mol. The first-order valence-corrected chi connectivity index (χ1v) is 8.78. The predicted octanol–water partition coefficient (Wildman–Crippen LogP) is 4.79. The van der Waals surface area contributed by atoms with Crippen molar-refractivity contribution in [2.45, 2.75) is 19.8 Å². The molecule has 0 aliphatic heterocycles. The highest BCUT2D eigenvalue weighted by atomic mass is 19.1. The highest BCUT2D eigenvalue weighted by Crippen LogP contribution is 2.34. The van der Waals surface area contributed by atoms with Crippen molar-refractivity contribution in [2.75, 3.05) is 11.9 Å². The highest BCUT2D eigenvalue weighted by Gasteiger charge is 2.29. The molecule has 1 aromatic heterocycles. The van der Waals surface area contributed by atoms with Gasteiger partial charge in [-0.3, -0.25) is 4.79 Å². The lowest BCUT2D eigenvalue weighted by atomic mass is 10.1. The van der Waals surface area contributed by atoms with Crippen molar-refractivity contribution in [3.05, 3.63) is 54.3 Å². The SMILES string of the molecule is CCOc1cc(-c2ccc(F)cc2)nc2ccc(NC(=O)C3CC3)cc12. The summed E-state index contributed by atoms with van der Waals surface area (Å²) in [4.78, 5) is 16.7. The number of amides is 1. The molecule has 0 radical (unpaired) electrons. The summed E-state index contributed by atoms with van der Waals surface area (Å²) in [5, 5.41) is 3.79. The van der Waals surface area contributed by atoms with Gasteiger partial charge < -0.3 is 10.1 Å². The number of carbonyl (C=O) groups excluding carboxylic acids is 1. The van der Waals surface area contributed by atoms with Crippen LogP contribution in [0, 0.1) is 11.7 Å². The Bertz CT molecular complexity index is 966. The van der Waals surface area contributed by atoms with E-state index in [9.17, 15) is 9.18 Å². The fraction of sp³-hybridized carbons (Fsp3) is 0.238. The molecule has 1 aliphatic carbocycles. The third-order valence-corrected chi connectivity index (χ3v) is 4.43. The zero-order valence-electron chi connectivity index (χ0n) is 14.5. The molecule has 1 fully saturated rings. The molecule has 132 valence electrons. The molecule has 1 amide bonds. The van der Waals surface area contributed by atoms with Crippen LogP contribution in [0.15, 0.2) is 48.5 Å². The maximum atomic E-state index is 13.2. The third-order valence-electron chi connectivity index (χ3n) is 4.43. The van der Waals surface area contributed by atoms with Gasteiger partial charge in [-0.25, -0.2) is 9.37 Å². The minimum Gasteiger partial charge on any atom is -0.493 e. The van der Waals surface area contributed by atoms with E-state index in [2.05, 4.69) is 10.3 Å². The number of anilines is 1. The summed E-state index contributed by atoms with van der Waals surface area (Å²) in [6.45, 7) is 2.43. The second kappa shape index (κ2) is 6.75. The maximum Gasteiger partial charge on any atom is 0.227 e. The summed E-state index contributed by atoms with van der Waals surface area (Å²) in [5.41, 5.74) is 3.04. The topological polar surface area (TPSA) is 51.2 Å². The van der Waals surface area contributed by atoms with Crippen molar-refractivity contribution in [1.82, 2.24) is 4.98 Å². The molecule has 1 N–H and O–H groups in total. The zero-order valence-corrected chi connectivity index (χ0v) is 14.5. The average Bonchev–Trinajstić information content (AvgIpc) is 3.48. The Morgan fingerprint density at radius 1 is 1.19 bits per heavy atom. The molecule has 4 rings (SSSR count). The Kier molecular flexibility index (Phi) is 4.29. The zero-order chi connectivity index (χ0) is 18.1. The molecule has 1 aliphatic rings. The van der Waals surface area contributed by atoms with E-state index in [0.29, 0.717) is 12.4 Å². The number of carbonyl (C=O) groups is 1. The number of nitrogens with one attached hydrogen (secondary N) is 1. The third kappa shape index (κ3) is 3.38. The number of hydrogen-bond donors (Lipinski definition) is 1. The molecule has 1 heterocycles. The lowest BCUT2D eigenvalue weighted by molar-refractivity contribution is -0.117. The van der Waals surface area contributed by atoms with E-state index < -0.39 is 0 Å². The van der Waals surface area contributed by atoms with Crippen molar-refractivity contribution >= 4 is 22.5 Å². The second-order valence-corrected chi connectivity index (χ2v) is 6.44. The van der Waals surface area contributed by atoms with Gasteiger partial charge in [-0.15, -0.1) is 0 Å². The molecule has 5 heteroatoms. The van der Waals surface area contributed by atoms with Crippen LogP contribution in [0.2, 0.25) is 0 Å². The van der Waals surface area contributed by atoms with Crippen LogP contribution in [-0.2, 0) is 4.79 Å². The van der Waals surface area contributed by atoms with Gasteiger partial charge in [0, 0.05) is 28.6 Å². The second-order valence-electron chi connectivity index (χ2n) is 6.44. The molecule has 0 bridgehead atoms. The highest BCUT2D eigenvalue weighted by molar-refractivity contribution is 5.97. The van der Waals surface area contributed by atoms with E-state index in [1.807, 2.05) is 31.2 Å². The van der Waals surface area contributed by atoms with E-state index in [1.165, 1.54) is 12.1 Å². The molecular formula is C21H19FN2O2. The Morgan fingerprint density at radius 3 is 2.65 bits per heavy atom. The summed E-state index contributed by atoms with van der Waals surface area (Å²) in [6.07, 6.45) is 1.93. The first kappa shape index (κ1) is 16.5. The largest absolute Gasteiger partial charge is 0.493 e. The number of halogens is 1. The number of benzene rings is 2. The number of pyridine rings is 1. The molecule has 26 heavy (non-hydrogen) atoms. The normalized spacial score (nSPS) is 13.6. The Hall–Kier alpha value is -2.95. The van der Waals surface area contributed by atoms with Gasteiger partial charge in [0.05, 0.1) is 17.8 Å². The Morgan fingerprint density at radius 2 is 1.96 bits per heavy atom. The quantitative estimate of drug-likeness (QED) is 0.720. The van der Waals surface area contributed by atoms with Gasteiger partial charge in [-0.05, 0) is 62.2 Å². The first-order valence-electron chi connectivity index (χ1n) is 8.78. The number of ether oxygens (including phenoxy) is 1. The lowest BCUT2D eigenvalue weighted by Gasteiger charge is -2.12. The van der Waals surface area contributed by atoms with E-state index >= 15 is 0 Å². The molecule has 4 nitrogen and oxygen atoms in total. The Balaban J connectivity index is 1.75. The van der Waals surface area contributed by atoms with Gasteiger partial charge in [-0.2, -0.15) is 0 Å². The van der Waals surface area contributed by atoms with Gasteiger partial charge >= 0.3 is 0 Å². The maximum absolute atomic E-state index is 13.2. The number of rotatable bonds is 5. The summed E-state index contributed by atoms with van der Waals surface area (Å²) in [7, 11) is 0. The minimum absolute atomic E-state index is 0.0678. The first-order chi connectivity index (χ1) is 12.6. The van der Waals surface area contributed by atoms with E-state index in [-0.39, 0.29) is 17.6 Å². The molecule has 3 aromatic rings. The molecule has 0 spiro atoms. The van der Waals surface area contributed by atoms with Crippen LogP contribution in [0.1, 0.15) is 19.8 Å². The van der Waals surface area contributed by atoms with Crippen molar-refractivity contribution in [3.63, 3.8) is 0 Å². The Labute approximate surface area is 151 Å². The van der Waals surface area contributed by atoms with Crippen LogP contribution in [-0.4, -0.2) is 17.5 Å². The van der Waals surface area contributed by atoms with E-state index in [0.717, 1.165) is 40.7 Å². The molecule has 0 saturated heterocycles. The molecule has 1 saturated carbocycles. The minimum atomic E-state index is -0.282. The van der Waals surface area contributed by atoms with E-state index in [4.69, 9.17) is 4.74 Å². The molecular weight excluding hydrogens is 331 g/mol. The predicted molar refractivity (Wildman–Crippen MR) is 99.7 cm³/mol. The van der Waals surface area contributed by atoms with Crippen molar-refractivity contribution in [2.24, 2.45) is 5.92 Å². The number of nitrogens with zero attached hydrogens (tertiary/aromatic N) is 1. The summed E-state index contributed by atoms with van der Waals surface area (Å²) in [6, 6.07) is 13.7. The van der Waals surface area contributed by atoms with Crippen molar-refractivity contribution in [1.29, 1.82) is 0 Å². The van der Waals surface area contributed by atoms with Crippen LogP contribution in [0.3, 0.4) is 0 Å². The summed E-state index contributed by atoms with van der Waals surface area (Å²) < 4.78 is 19.0. The number of aromatic nitrogens is 1. The van der Waals surface area contributed by atoms with Crippen molar-refractivity contribution < 1.29 is 13.9 Å². The van der Waals surface area contributed by atoms with Crippen LogP contribution >= 0.6 is 0 Å². The monoisotopic (exact) mass is 350 g/mol. The van der Waals surface area contributed by atoms with Crippen LogP contribution in [0.5, 0.6) is 5.75 Å². The van der Waals surface area contributed by atoms with Gasteiger partial charge in [-0.1, -0.05) is 0 Å². The molecule has 2 aromatic carbocycles. The fourth-order valence-corrected chi connectivity index (χ4v) is 2.91. The number of hydrogen-bond acceptors (Lipinski definition) is 3. The summed E-state index contributed by atoms with van der Waals surface area (Å²) in [5.74, 6) is 0.629. The number of fused-ring (bicyclic) bond motifs is 1. The van der Waals surface area contributed by atoms with E-state index in [1.54, 1.807) is 12.1 Å². The van der Waals surface area contributed by atoms with Crippen LogP contribution in [0.4, 0.5) is 10.1 Å². The van der Waals surface area contributed by atoms with Gasteiger partial charge in [0.25, 0.3) is 0 Å². The van der Waals surface area contributed by atoms with Crippen LogP contribution < -0.4 is 10.1 Å². The van der Waals surface area contributed by atoms with Crippen molar-refractivity contribution in [3.8, 4) is 17.0 Å². The molecule has 0 unspecified atom stereocenters. The van der Waals surface area contributed by atoms with Gasteiger partial charge in [0.1, 0.15) is 11.6 Å². The standard InChI is InChI=1S/C21H19FN2O2/c1-2-26-20-12-19(13-5-7-15(22)8-6-13)24-18-10-9-16(11-17(18)20)23-21(25)14-3-4-14/h5-12,14H,2-4H2,1H3,(H,23,25). The molecule has 0 atom stereocenters. The fourth-order valence-electron chi connectivity index (χ4n) is 2.91. The summed E-state index contributed by atoms with van der Waals surface area (Å²) >= 11 is 0. The lowest BCUT2D eigenvalue weighted by Crippen LogP contribution is -2.13.